The second-order valence-corrected chi connectivity index (χ2v) is 15.7. The largest absolute Gasteiger partial charge is 0.361 e. The van der Waals surface area contributed by atoms with E-state index in [0.29, 0.717) is 13.1 Å². The van der Waals surface area contributed by atoms with Crippen molar-refractivity contribution in [3.63, 3.8) is 0 Å². The van der Waals surface area contributed by atoms with Crippen LogP contribution in [0.25, 0.3) is 21.8 Å². The van der Waals surface area contributed by atoms with Gasteiger partial charge in [-0.05, 0) is 107 Å². The summed E-state index contributed by atoms with van der Waals surface area (Å²) in [5, 5.41) is 2.25. The van der Waals surface area contributed by atoms with Gasteiger partial charge in [-0.15, -0.1) is 0 Å². The van der Waals surface area contributed by atoms with Gasteiger partial charge in [0.15, 0.2) is 0 Å². The summed E-state index contributed by atoms with van der Waals surface area (Å²) in [6.07, 6.45) is 7.89. The van der Waals surface area contributed by atoms with Gasteiger partial charge >= 0.3 is 0 Å². The van der Waals surface area contributed by atoms with Crippen molar-refractivity contribution < 1.29 is 16.8 Å². The van der Waals surface area contributed by atoms with Gasteiger partial charge in [-0.3, -0.25) is 0 Å². The van der Waals surface area contributed by atoms with Crippen LogP contribution in [0.4, 0.5) is 0 Å². The normalized spacial score (nSPS) is 14.7. The Kier molecular flexibility index (Phi) is 11.1. The predicted molar refractivity (Wildman–Crippen MR) is 176 cm³/mol. The first-order valence-electron chi connectivity index (χ1n) is 14.7. The molecule has 12 heteroatoms. The minimum atomic E-state index is -3.23. The molecule has 3 N–H and O–H groups in total. The van der Waals surface area contributed by atoms with Gasteiger partial charge in [-0.25, -0.2) is 25.9 Å². The highest BCUT2D eigenvalue weighted by atomic mass is 32.2. The average Bonchev–Trinajstić information content (AvgIpc) is 3.71. The van der Waals surface area contributed by atoms with Crippen molar-refractivity contribution in [1.82, 2.24) is 28.8 Å². The van der Waals surface area contributed by atoms with Crippen molar-refractivity contribution in [1.29, 1.82) is 0 Å². The van der Waals surface area contributed by atoms with Crippen LogP contribution < -0.4 is 4.72 Å². The van der Waals surface area contributed by atoms with E-state index < -0.39 is 20.0 Å². The highest BCUT2D eigenvalue weighted by Crippen LogP contribution is 2.24. The Bertz CT molecular complexity index is 1720. The molecule has 1 fully saturated rings. The first-order valence-corrected chi connectivity index (χ1v) is 18.0. The number of hydrogen-bond donors (Lipinski definition) is 3. The minimum absolute atomic E-state index is 0.0116. The molecule has 3 heterocycles. The molecule has 236 valence electrons. The number of fused-ring (bicyclic) bond motifs is 2. The minimum Gasteiger partial charge on any atom is -0.361 e. The summed E-state index contributed by atoms with van der Waals surface area (Å²) in [6.45, 7) is 3.28. The molecule has 0 spiro atoms. The van der Waals surface area contributed by atoms with E-state index in [0.717, 1.165) is 71.7 Å². The van der Waals surface area contributed by atoms with E-state index >= 15 is 0 Å². The topological polar surface area (TPSA) is 122 Å². The van der Waals surface area contributed by atoms with Gasteiger partial charge in [0, 0.05) is 60.4 Å². The quantitative estimate of drug-likeness (QED) is 0.220. The zero-order valence-electron chi connectivity index (χ0n) is 26.0. The third-order valence-electron chi connectivity index (χ3n) is 7.80. The second kappa shape index (κ2) is 14.4. The van der Waals surface area contributed by atoms with Crippen LogP contribution in [0.1, 0.15) is 35.1 Å². The summed E-state index contributed by atoms with van der Waals surface area (Å²) in [7, 11) is 3.22. The average molecular weight is 631 g/mol. The van der Waals surface area contributed by atoms with E-state index in [1.165, 1.54) is 18.2 Å². The molecule has 0 atom stereocenters. The van der Waals surface area contributed by atoms with Crippen LogP contribution in [-0.4, -0.2) is 102 Å². The highest BCUT2D eigenvalue weighted by molar-refractivity contribution is 7.88. The fraction of sp³-hybridized carbons (Fsp3) is 0.484. The number of aromatic amines is 2. The summed E-state index contributed by atoms with van der Waals surface area (Å²) in [4.78, 5) is 10.8. The number of benzene rings is 2. The number of nitrogens with one attached hydrogen (secondary N) is 3. The first kappa shape index (κ1) is 33.2. The number of likely N-dealkylation sites (N-methyl/N-ethyl adjacent to an activating group) is 2. The lowest BCUT2D eigenvalue weighted by molar-refractivity contribution is 0.414. The lowest BCUT2D eigenvalue weighted by Crippen LogP contribution is -2.29. The molecule has 0 amide bonds. The smallest absolute Gasteiger partial charge is 0.218 e. The Hall–Kier alpha value is -2.74. The monoisotopic (exact) mass is 630 g/mol. The number of sulfonamides is 2. The van der Waals surface area contributed by atoms with Gasteiger partial charge in [0.25, 0.3) is 0 Å². The van der Waals surface area contributed by atoms with Crippen LogP contribution in [0.3, 0.4) is 0 Å². The summed E-state index contributed by atoms with van der Waals surface area (Å²) in [6, 6.07) is 11.7. The molecule has 10 nitrogen and oxygen atoms in total. The van der Waals surface area contributed by atoms with Gasteiger partial charge in [0.1, 0.15) is 0 Å². The number of nitrogens with zero attached hydrogens (tertiary/aromatic N) is 3. The van der Waals surface area contributed by atoms with E-state index in [4.69, 9.17) is 0 Å². The highest BCUT2D eigenvalue weighted by Gasteiger charge is 2.25. The third kappa shape index (κ3) is 9.13. The zero-order valence-corrected chi connectivity index (χ0v) is 27.6. The number of H-pyrrole nitrogens is 2. The fourth-order valence-corrected chi connectivity index (χ4v) is 7.65. The maximum Gasteiger partial charge on any atom is 0.218 e. The van der Waals surface area contributed by atoms with E-state index in [-0.39, 0.29) is 11.5 Å². The molecule has 5 rings (SSSR count). The van der Waals surface area contributed by atoms with Gasteiger partial charge in [0.2, 0.25) is 20.0 Å². The molecule has 0 unspecified atom stereocenters. The Morgan fingerprint density at radius 2 is 1.21 bits per heavy atom. The van der Waals surface area contributed by atoms with Gasteiger partial charge in [0.05, 0.1) is 11.5 Å². The molecule has 43 heavy (non-hydrogen) atoms. The maximum absolute atomic E-state index is 12.5. The molecule has 1 aliphatic heterocycles. The van der Waals surface area contributed by atoms with Crippen LogP contribution in [0, 0.1) is 0 Å². The van der Waals surface area contributed by atoms with Crippen molar-refractivity contribution in [3.05, 3.63) is 71.0 Å². The molecule has 0 bridgehead atoms. The molecular formula is C31H46N6O4S2. The van der Waals surface area contributed by atoms with Gasteiger partial charge < -0.3 is 19.8 Å². The first-order chi connectivity index (χ1) is 20.4. The number of hydrogen-bond acceptors (Lipinski definition) is 6. The van der Waals surface area contributed by atoms with E-state index in [2.05, 4.69) is 38.6 Å². The van der Waals surface area contributed by atoms with E-state index in [1.807, 2.05) is 62.9 Å². The lowest BCUT2D eigenvalue weighted by Gasteiger charge is -2.15. The molecule has 0 aliphatic carbocycles. The third-order valence-corrected chi connectivity index (χ3v) is 11.0. The number of aromatic nitrogens is 2. The van der Waals surface area contributed by atoms with Crippen LogP contribution in [0.2, 0.25) is 0 Å². The van der Waals surface area contributed by atoms with Crippen molar-refractivity contribution in [3.8, 4) is 0 Å². The van der Waals surface area contributed by atoms with Crippen LogP contribution in [0.5, 0.6) is 0 Å². The van der Waals surface area contributed by atoms with Crippen LogP contribution in [-0.2, 0) is 44.4 Å². The van der Waals surface area contributed by atoms with Crippen molar-refractivity contribution in [2.45, 2.75) is 37.2 Å². The Morgan fingerprint density at radius 3 is 1.65 bits per heavy atom. The zero-order chi connectivity index (χ0) is 31.2. The molecule has 0 saturated carbocycles. The van der Waals surface area contributed by atoms with Crippen LogP contribution in [0.15, 0.2) is 48.8 Å². The molecule has 1 aliphatic rings. The summed E-state index contributed by atoms with van der Waals surface area (Å²) in [5.74, 6) is 0.110. The molecule has 4 aromatic rings. The Morgan fingerprint density at radius 1 is 0.744 bits per heavy atom. The Labute approximate surface area is 256 Å². The van der Waals surface area contributed by atoms with Crippen molar-refractivity contribution in [2.75, 3.05) is 61.4 Å². The SMILES string of the molecule is CN(C)CCc1c[nH]c2ccc(CS(=O)(=O)N3CCCC3)cc12.CNS(=O)(=O)Cc1ccc2[nH]cc(CCN(C)C)c2c1. The van der Waals surface area contributed by atoms with Gasteiger partial charge in [-0.2, -0.15) is 0 Å². The standard InChI is InChI=1S/C17H25N3O2S.C14H21N3O2S/c1-19(2)10-7-15-12-18-17-6-5-14(11-16(15)17)13-23(21,22)20-8-3-4-9-20;1-15-20(18,19)10-11-4-5-14-13(8-11)12(9-16-14)6-7-17(2)3/h5-6,11-12,18H,3-4,7-10,13H2,1-2H3;4-5,8-9,15-16H,6-7,10H2,1-3H3. The lowest BCUT2D eigenvalue weighted by atomic mass is 10.1. The molecular weight excluding hydrogens is 585 g/mol. The summed E-state index contributed by atoms with van der Waals surface area (Å²) in [5.41, 5.74) is 6.25. The number of rotatable bonds is 12. The van der Waals surface area contributed by atoms with E-state index in [1.54, 1.807) is 4.31 Å². The predicted octanol–water partition coefficient (Wildman–Crippen LogP) is 3.52. The van der Waals surface area contributed by atoms with Crippen LogP contribution >= 0.6 is 0 Å². The summed E-state index contributed by atoms with van der Waals surface area (Å²) < 4.78 is 52.2. The molecule has 0 radical (unpaired) electrons. The van der Waals surface area contributed by atoms with Gasteiger partial charge in [-0.1, -0.05) is 12.1 Å². The van der Waals surface area contributed by atoms with Crippen molar-refractivity contribution >= 4 is 41.9 Å². The molecule has 1 saturated heterocycles. The Balaban J connectivity index is 0.000000199. The maximum atomic E-state index is 12.5. The molecule has 2 aromatic carbocycles. The summed E-state index contributed by atoms with van der Waals surface area (Å²) >= 11 is 0. The van der Waals surface area contributed by atoms with Crippen molar-refractivity contribution in [2.24, 2.45) is 0 Å². The second-order valence-electron chi connectivity index (χ2n) is 11.8. The fourth-order valence-electron chi connectivity index (χ4n) is 5.29. The molecule has 2 aromatic heterocycles. The van der Waals surface area contributed by atoms with E-state index in [9.17, 15) is 16.8 Å².